The molecule has 4 amide bonds. The second-order valence-electron chi connectivity index (χ2n) is 8.48. The number of ether oxygens (including phenoxy) is 2. The topological polar surface area (TPSA) is 186 Å². The minimum atomic E-state index is -0.880. The van der Waals surface area contributed by atoms with E-state index in [1.165, 1.54) is 13.8 Å². The number of esters is 2. The van der Waals surface area contributed by atoms with Gasteiger partial charge >= 0.3 is 11.9 Å². The van der Waals surface area contributed by atoms with Gasteiger partial charge in [0.25, 0.3) is 0 Å². The molecular weight excluding hydrogens is 488 g/mol. The van der Waals surface area contributed by atoms with Gasteiger partial charge in [-0.3, -0.25) is 38.6 Å². The molecular formula is C20H33ClN6O8. The molecule has 4 atom stereocenters. The van der Waals surface area contributed by atoms with E-state index >= 15 is 0 Å². The highest BCUT2D eigenvalue weighted by molar-refractivity contribution is 6.00. The second kappa shape index (κ2) is 12.9. The lowest BCUT2D eigenvalue weighted by molar-refractivity contribution is -0.169. The quantitative estimate of drug-likeness (QED) is 0.235. The molecule has 0 radical (unpaired) electrons. The molecule has 2 heterocycles. The third-order valence-corrected chi connectivity index (χ3v) is 5.82. The van der Waals surface area contributed by atoms with Crippen LogP contribution in [0.5, 0.6) is 0 Å². The average molecular weight is 521 g/mol. The molecule has 0 aromatic carbocycles. The van der Waals surface area contributed by atoms with Crippen LogP contribution in [-0.2, 0) is 38.2 Å². The van der Waals surface area contributed by atoms with Crippen LogP contribution in [0.4, 0.5) is 0 Å². The SMILES string of the molecule is C[C@H](N)C(=O)OCN1C(=O)CN([C@H](C)[C@H](C)N2CC(=O)N(COC(=O)[C@H](C)N)C(=O)C2)CC1=O.Cl. The van der Waals surface area contributed by atoms with E-state index in [9.17, 15) is 28.8 Å². The first-order valence-corrected chi connectivity index (χ1v) is 10.8. The maximum absolute atomic E-state index is 12.5. The Balaban J connectivity index is 0.00000612. The number of amides is 4. The molecule has 0 saturated carbocycles. The van der Waals surface area contributed by atoms with Crippen molar-refractivity contribution in [3.63, 3.8) is 0 Å². The number of hydrogen-bond donors (Lipinski definition) is 2. The Kier molecular flexibility index (Phi) is 11.2. The van der Waals surface area contributed by atoms with E-state index in [0.29, 0.717) is 0 Å². The van der Waals surface area contributed by atoms with Crippen LogP contribution in [-0.4, -0.2) is 119 Å². The molecule has 0 spiro atoms. The van der Waals surface area contributed by atoms with Crippen molar-refractivity contribution in [1.29, 1.82) is 0 Å². The summed E-state index contributed by atoms with van der Waals surface area (Å²) in [5.41, 5.74) is 10.8. The minimum Gasteiger partial charge on any atom is -0.443 e. The molecule has 2 aliphatic heterocycles. The van der Waals surface area contributed by atoms with E-state index in [-0.39, 0.29) is 50.7 Å². The molecule has 198 valence electrons. The number of halogens is 1. The molecule has 0 aromatic rings. The van der Waals surface area contributed by atoms with Gasteiger partial charge in [0.1, 0.15) is 12.1 Å². The van der Waals surface area contributed by atoms with Crippen molar-refractivity contribution < 1.29 is 38.2 Å². The van der Waals surface area contributed by atoms with Gasteiger partial charge in [-0.25, -0.2) is 9.80 Å². The van der Waals surface area contributed by atoms with Crippen LogP contribution in [0.15, 0.2) is 0 Å². The van der Waals surface area contributed by atoms with Gasteiger partial charge in [0.15, 0.2) is 13.5 Å². The Morgan fingerprint density at radius 3 is 1.17 bits per heavy atom. The van der Waals surface area contributed by atoms with Gasteiger partial charge in [0.05, 0.1) is 26.2 Å². The average Bonchev–Trinajstić information content (AvgIpc) is 2.75. The number of nitrogens with zero attached hydrogens (tertiary/aromatic N) is 4. The molecule has 2 aliphatic rings. The van der Waals surface area contributed by atoms with Gasteiger partial charge in [0, 0.05) is 12.1 Å². The van der Waals surface area contributed by atoms with Gasteiger partial charge in [-0.1, -0.05) is 0 Å². The summed E-state index contributed by atoms with van der Waals surface area (Å²) in [7, 11) is 0. The van der Waals surface area contributed by atoms with Crippen LogP contribution in [0.1, 0.15) is 27.7 Å². The summed E-state index contributed by atoms with van der Waals surface area (Å²) in [6.45, 7) is 4.97. The molecule has 2 fully saturated rings. The fourth-order valence-electron chi connectivity index (χ4n) is 3.42. The van der Waals surface area contributed by atoms with Gasteiger partial charge in [-0.15, -0.1) is 12.4 Å². The highest BCUT2D eigenvalue weighted by atomic mass is 35.5. The fourth-order valence-corrected chi connectivity index (χ4v) is 3.42. The summed E-state index contributed by atoms with van der Waals surface area (Å²) in [6, 6.07) is -2.50. The first kappa shape index (κ1) is 30.4. The summed E-state index contributed by atoms with van der Waals surface area (Å²) in [4.78, 5) is 77.9. The van der Waals surface area contributed by atoms with E-state index in [1.54, 1.807) is 23.6 Å². The van der Waals surface area contributed by atoms with Crippen molar-refractivity contribution in [2.45, 2.75) is 51.9 Å². The molecule has 15 heteroatoms. The summed E-state index contributed by atoms with van der Waals surface area (Å²) in [5, 5.41) is 0. The standard InChI is InChI=1S/C20H32N6O8.ClH/c1-11(21)19(31)33-9-25-15(27)5-23(6-16(25)28)13(3)14(4)24-7-17(29)26(18(30)8-24)10-34-20(32)12(2)22;/h11-14H,5-10,21-22H2,1-4H3;1H/t11-,12-,13-,14+;/m0./s1. The van der Waals surface area contributed by atoms with Crippen LogP contribution < -0.4 is 11.5 Å². The highest BCUT2D eigenvalue weighted by Gasteiger charge is 2.40. The molecule has 0 aromatic heterocycles. The van der Waals surface area contributed by atoms with Crippen molar-refractivity contribution in [2.24, 2.45) is 11.5 Å². The molecule has 35 heavy (non-hydrogen) atoms. The number of imide groups is 2. The van der Waals surface area contributed by atoms with E-state index in [4.69, 9.17) is 20.9 Å². The molecule has 14 nitrogen and oxygen atoms in total. The molecule has 0 bridgehead atoms. The number of piperazine rings is 2. The molecule has 2 rings (SSSR count). The number of carbonyl (C=O) groups excluding carboxylic acids is 6. The fraction of sp³-hybridized carbons (Fsp3) is 0.700. The Bertz CT molecular complexity index is 749. The molecule has 0 unspecified atom stereocenters. The Morgan fingerprint density at radius 1 is 0.686 bits per heavy atom. The largest absolute Gasteiger partial charge is 0.443 e. The van der Waals surface area contributed by atoms with Gasteiger partial charge in [-0.2, -0.15) is 0 Å². The number of nitrogens with two attached hydrogens (primary N) is 2. The van der Waals surface area contributed by atoms with Crippen LogP contribution in [0.3, 0.4) is 0 Å². The van der Waals surface area contributed by atoms with E-state index in [2.05, 4.69) is 0 Å². The summed E-state index contributed by atoms with van der Waals surface area (Å²) >= 11 is 0. The van der Waals surface area contributed by atoms with Crippen LogP contribution >= 0.6 is 12.4 Å². The van der Waals surface area contributed by atoms with Crippen LogP contribution in [0, 0.1) is 0 Å². The minimum absolute atomic E-state index is 0. The van der Waals surface area contributed by atoms with Crippen molar-refractivity contribution in [1.82, 2.24) is 19.6 Å². The van der Waals surface area contributed by atoms with Crippen molar-refractivity contribution in [3.05, 3.63) is 0 Å². The molecule has 4 N–H and O–H groups in total. The lowest BCUT2D eigenvalue weighted by Gasteiger charge is -2.43. The number of hydrogen-bond acceptors (Lipinski definition) is 12. The first-order chi connectivity index (χ1) is 15.8. The zero-order chi connectivity index (χ0) is 25.7. The summed E-state index contributed by atoms with van der Waals surface area (Å²) < 4.78 is 9.76. The lowest BCUT2D eigenvalue weighted by Crippen LogP contribution is -2.63. The zero-order valence-corrected chi connectivity index (χ0v) is 21.0. The Morgan fingerprint density at radius 2 is 0.943 bits per heavy atom. The number of carbonyl (C=O) groups is 6. The summed E-state index contributed by atoms with van der Waals surface area (Å²) in [5.74, 6) is -3.63. The summed E-state index contributed by atoms with van der Waals surface area (Å²) in [6.07, 6.45) is 0. The maximum atomic E-state index is 12.5. The van der Waals surface area contributed by atoms with Gasteiger partial charge in [0.2, 0.25) is 23.6 Å². The van der Waals surface area contributed by atoms with Gasteiger partial charge < -0.3 is 20.9 Å². The predicted molar refractivity (Wildman–Crippen MR) is 122 cm³/mol. The second-order valence-corrected chi connectivity index (χ2v) is 8.48. The normalized spacial score (nSPS) is 21.2. The molecule has 0 aliphatic carbocycles. The third kappa shape index (κ3) is 7.67. The van der Waals surface area contributed by atoms with Crippen molar-refractivity contribution >= 4 is 48.0 Å². The van der Waals surface area contributed by atoms with Crippen LogP contribution in [0.25, 0.3) is 0 Å². The predicted octanol–water partition coefficient (Wildman–Crippen LogP) is -2.78. The highest BCUT2D eigenvalue weighted by Crippen LogP contribution is 2.18. The smallest absolute Gasteiger partial charge is 0.324 e. The van der Waals surface area contributed by atoms with Crippen LogP contribution in [0.2, 0.25) is 0 Å². The Labute approximate surface area is 209 Å². The monoisotopic (exact) mass is 520 g/mol. The van der Waals surface area contributed by atoms with E-state index in [1.807, 2.05) is 0 Å². The van der Waals surface area contributed by atoms with E-state index in [0.717, 1.165) is 9.80 Å². The third-order valence-electron chi connectivity index (χ3n) is 5.82. The first-order valence-electron chi connectivity index (χ1n) is 10.8. The van der Waals surface area contributed by atoms with E-state index < -0.39 is 61.1 Å². The lowest BCUT2D eigenvalue weighted by atomic mass is 10.1. The molecule has 2 saturated heterocycles. The Hall–Kier alpha value is -2.65. The van der Waals surface area contributed by atoms with Gasteiger partial charge in [-0.05, 0) is 27.7 Å². The zero-order valence-electron chi connectivity index (χ0n) is 20.2. The maximum Gasteiger partial charge on any atom is 0.324 e. The van der Waals surface area contributed by atoms with Crippen molar-refractivity contribution in [2.75, 3.05) is 39.6 Å². The van der Waals surface area contributed by atoms with Crippen molar-refractivity contribution in [3.8, 4) is 0 Å². The number of rotatable bonds is 9.